The first-order chi connectivity index (χ1) is 11.1. The van der Waals surface area contributed by atoms with Crippen LogP contribution in [-0.4, -0.2) is 28.0 Å². The number of carbonyl (C=O) groups is 2. The number of anilines is 1. The van der Waals surface area contributed by atoms with Crippen molar-refractivity contribution in [3.8, 4) is 0 Å². The van der Waals surface area contributed by atoms with Crippen LogP contribution >= 0.6 is 0 Å². The van der Waals surface area contributed by atoms with Gasteiger partial charge in [0.2, 0.25) is 5.91 Å². The largest absolute Gasteiger partial charge is 0.480 e. The smallest absolute Gasteiger partial charge is 0.326 e. The number of para-hydroxylation sites is 2. The van der Waals surface area contributed by atoms with Gasteiger partial charge in [-0.2, -0.15) is 0 Å². The molecule has 0 saturated carbocycles. The van der Waals surface area contributed by atoms with E-state index in [1.54, 1.807) is 0 Å². The lowest BCUT2D eigenvalue weighted by molar-refractivity contribution is -0.139. The molecule has 0 bridgehead atoms. The number of nitrogens with two attached hydrogens (primary N) is 1. The molecule has 2 aromatic carbocycles. The summed E-state index contributed by atoms with van der Waals surface area (Å²) in [6.07, 6.45) is -0.291. The van der Waals surface area contributed by atoms with Gasteiger partial charge in [0.15, 0.2) is 0 Å². The Morgan fingerprint density at radius 3 is 2.04 bits per heavy atom. The van der Waals surface area contributed by atoms with E-state index in [9.17, 15) is 14.7 Å². The average Bonchev–Trinajstić information content (AvgIpc) is 2.53. The van der Waals surface area contributed by atoms with Crippen LogP contribution in [-0.2, 0) is 9.59 Å². The zero-order valence-corrected chi connectivity index (χ0v) is 12.2. The Bertz CT molecular complexity index is 854. The van der Waals surface area contributed by atoms with Gasteiger partial charge in [-0.15, -0.1) is 0 Å². The van der Waals surface area contributed by atoms with Gasteiger partial charge in [0, 0.05) is 10.8 Å². The van der Waals surface area contributed by atoms with Crippen molar-refractivity contribution < 1.29 is 14.7 Å². The van der Waals surface area contributed by atoms with Crippen LogP contribution < -0.4 is 11.1 Å². The molecule has 0 aliphatic rings. The van der Waals surface area contributed by atoms with Gasteiger partial charge in [0.05, 0.1) is 23.1 Å². The molecule has 1 aromatic heterocycles. The number of benzene rings is 2. The summed E-state index contributed by atoms with van der Waals surface area (Å²) in [5.74, 6) is -1.80. The molecule has 0 saturated heterocycles. The molecule has 1 atom stereocenters. The third-order valence-electron chi connectivity index (χ3n) is 3.61. The number of aromatic nitrogens is 1. The Balaban J connectivity index is 2.19. The van der Waals surface area contributed by atoms with Gasteiger partial charge < -0.3 is 16.2 Å². The van der Waals surface area contributed by atoms with E-state index in [0.717, 1.165) is 21.8 Å². The summed E-state index contributed by atoms with van der Waals surface area (Å²) >= 11 is 0. The number of rotatable bonds is 5. The van der Waals surface area contributed by atoms with E-state index in [-0.39, 0.29) is 6.42 Å². The summed E-state index contributed by atoms with van der Waals surface area (Å²) < 4.78 is 0. The van der Waals surface area contributed by atoms with Crippen molar-refractivity contribution in [2.24, 2.45) is 5.73 Å². The van der Waals surface area contributed by atoms with Crippen LogP contribution in [0.15, 0.2) is 48.5 Å². The van der Waals surface area contributed by atoms with Gasteiger partial charge in [-0.25, -0.2) is 9.78 Å². The highest BCUT2D eigenvalue weighted by Crippen LogP contribution is 2.31. The van der Waals surface area contributed by atoms with E-state index in [4.69, 9.17) is 5.73 Å². The second kappa shape index (κ2) is 5.92. The number of amides is 1. The first kappa shape index (κ1) is 14.8. The Hall–Kier alpha value is -3.15. The minimum atomic E-state index is -1.13. The molecular weight excluding hydrogens is 294 g/mol. The van der Waals surface area contributed by atoms with Crippen LogP contribution in [0.5, 0.6) is 0 Å². The van der Waals surface area contributed by atoms with Gasteiger partial charge in [0.1, 0.15) is 6.04 Å². The number of fused-ring (bicyclic) bond motifs is 2. The van der Waals surface area contributed by atoms with Crippen LogP contribution in [0, 0.1) is 0 Å². The lowest BCUT2D eigenvalue weighted by Crippen LogP contribution is -2.34. The lowest BCUT2D eigenvalue weighted by Gasteiger charge is -2.18. The summed E-state index contributed by atoms with van der Waals surface area (Å²) in [6, 6.07) is 13.8. The monoisotopic (exact) mass is 309 g/mol. The number of pyridine rings is 1. The van der Waals surface area contributed by atoms with Crippen LogP contribution in [0.1, 0.15) is 6.42 Å². The maximum Gasteiger partial charge on any atom is 0.326 e. The van der Waals surface area contributed by atoms with E-state index in [1.807, 2.05) is 48.5 Å². The van der Waals surface area contributed by atoms with Crippen molar-refractivity contribution in [3.63, 3.8) is 0 Å². The number of carboxylic acid groups (broad SMARTS) is 1. The number of aliphatic carboxylic acids is 1. The predicted molar refractivity (Wildman–Crippen MR) is 88.1 cm³/mol. The van der Waals surface area contributed by atoms with Crippen LogP contribution in [0.25, 0.3) is 21.8 Å². The Kier molecular flexibility index (Phi) is 3.80. The van der Waals surface area contributed by atoms with Crippen LogP contribution in [0.2, 0.25) is 0 Å². The van der Waals surface area contributed by atoms with Gasteiger partial charge in [-0.3, -0.25) is 4.79 Å². The molecule has 1 amide bonds. The first-order valence-electron chi connectivity index (χ1n) is 7.11. The fraction of sp³-hybridized carbons (Fsp3) is 0.118. The van der Waals surface area contributed by atoms with Gasteiger partial charge in [0.25, 0.3) is 0 Å². The molecule has 3 aromatic rings. The van der Waals surface area contributed by atoms with Crippen LogP contribution in [0.4, 0.5) is 5.69 Å². The van der Waals surface area contributed by atoms with E-state index >= 15 is 0 Å². The van der Waals surface area contributed by atoms with E-state index in [2.05, 4.69) is 10.3 Å². The van der Waals surface area contributed by atoms with E-state index in [0.29, 0.717) is 5.69 Å². The summed E-state index contributed by atoms with van der Waals surface area (Å²) in [5, 5.41) is 13.9. The number of nitrogens with zero attached hydrogens (tertiary/aromatic N) is 1. The second-order valence-corrected chi connectivity index (χ2v) is 5.23. The maximum atomic E-state index is 11.4. The third kappa shape index (κ3) is 2.91. The second-order valence-electron chi connectivity index (χ2n) is 5.23. The molecule has 0 radical (unpaired) electrons. The molecule has 3 rings (SSSR count). The first-order valence-corrected chi connectivity index (χ1v) is 7.11. The number of hydrogen-bond acceptors (Lipinski definition) is 4. The highest BCUT2D eigenvalue weighted by Gasteiger charge is 2.21. The Labute approximate surface area is 131 Å². The van der Waals surface area contributed by atoms with Gasteiger partial charge >= 0.3 is 5.97 Å². The number of carboxylic acids is 1. The minimum absolute atomic E-state index is 0.291. The standard InChI is InChI=1S/C17H15N3O3/c18-15(21)9-14(17(22)23)20-16-10-5-1-3-7-12(10)19-13-8-4-2-6-11(13)16/h1-8,14H,9H2,(H2,18,21)(H,19,20)(H,22,23). The maximum absolute atomic E-state index is 11.4. The quantitative estimate of drug-likeness (QED) is 0.626. The Morgan fingerprint density at radius 1 is 1.04 bits per heavy atom. The van der Waals surface area contributed by atoms with Crippen molar-refractivity contribution >= 4 is 39.4 Å². The fourth-order valence-corrected chi connectivity index (χ4v) is 2.57. The van der Waals surface area contributed by atoms with Crippen molar-refractivity contribution in [2.75, 3.05) is 5.32 Å². The molecule has 0 spiro atoms. The lowest BCUT2D eigenvalue weighted by atomic mass is 10.1. The van der Waals surface area contributed by atoms with Crippen molar-refractivity contribution in [1.82, 2.24) is 4.98 Å². The summed E-state index contributed by atoms with van der Waals surface area (Å²) in [6.45, 7) is 0. The highest BCUT2D eigenvalue weighted by molar-refractivity contribution is 6.08. The molecule has 116 valence electrons. The zero-order chi connectivity index (χ0) is 16.4. The molecule has 0 aliphatic heterocycles. The molecule has 6 heteroatoms. The summed E-state index contributed by atoms with van der Waals surface area (Å²) in [4.78, 5) is 27.1. The van der Waals surface area contributed by atoms with Crippen molar-refractivity contribution in [1.29, 1.82) is 0 Å². The van der Waals surface area contributed by atoms with Crippen LogP contribution in [0.3, 0.4) is 0 Å². The van der Waals surface area contributed by atoms with Gasteiger partial charge in [-0.1, -0.05) is 36.4 Å². The topological polar surface area (TPSA) is 105 Å². The normalized spacial score (nSPS) is 12.2. The number of carbonyl (C=O) groups excluding carboxylic acids is 1. The molecule has 1 heterocycles. The van der Waals surface area contributed by atoms with E-state index < -0.39 is 17.9 Å². The molecule has 23 heavy (non-hydrogen) atoms. The third-order valence-corrected chi connectivity index (χ3v) is 3.61. The number of primary amides is 1. The summed E-state index contributed by atoms with van der Waals surface area (Å²) in [7, 11) is 0. The average molecular weight is 309 g/mol. The number of nitrogens with one attached hydrogen (secondary N) is 1. The molecule has 1 unspecified atom stereocenters. The molecular formula is C17H15N3O3. The predicted octanol–water partition coefficient (Wildman–Crippen LogP) is 2.13. The zero-order valence-electron chi connectivity index (χ0n) is 12.2. The fourth-order valence-electron chi connectivity index (χ4n) is 2.57. The summed E-state index contributed by atoms with van der Waals surface area (Å²) in [5.41, 5.74) is 7.29. The molecule has 4 N–H and O–H groups in total. The molecule has 0 aliphatic carbocycles. The molecule has 6 nitrogen and oxygen atoms in total. The molecule has 0 fully saturated rings. The number of hydrogen-bond donors (Lipinski definition) is 3. The minimum Gasteiger partial charge on any atom is -0.480 e. The van der Waals surface area contributed by atoms with Gasteiger partial charge in [-0.05, 0) is 12.1 Å². The van der Waals surface area contributed by atoms with Crippen molar-refractivity contribution in [2.45, 2.75) is 12.5 Å². The van der Waals surface area contributed by atoms with Crippen molar-refractivity contribution in [3.05, 3.63) is 48.5 Å². The highest BCUT2D eigenvalue weighted by atomic mass is 16.4. The SMILES string of the molecule is NC(=O)CC(Nc1c2ccccc2nc2ccccc12)C(=O)O. The van der Waals surface area contributed by atoms with E-state index in [1.165, 1.54) is 0 Å². The Morgan fingerprint density at radius 2 is 1.57 bits per heavy atom.